The topological polar surface area (TPSA) is 50.3 Å². The molecule has 0 amide bonds. The van der Waals surface area contributed by atoms with Gasteiger partial charge in [0.15, 0.2) is 0 Å². The standard InChI is InChI=1S/C49H36N2O2/c1-31-41(34-19-25-47-44(30-34)42-11-5-7-13-45(42)50(47)37-9-3-2-4-10-37)24-26-48-49(31)43-12-6-8-14-46(43)51(48)38-28-35(32-15-20-39(52)21-16-32)27-36(29-38)33-17-22-40(53)23-18-33/h2-31,41,52-53H,1H3. The van der Waals surface area contributed by atoms with E-state index in [2.05, 4.69) is 143 Å². The molecule has 254 valence electrons. The molecular weight excluding hydrogens is 649 g/mol. The van der Waals surface area contributed by atoms with Crippen LogP contribution < -0.4 is 0 Å². The average molecular weight is 685 g/mol. The van der Waals surface area contributed by atoms with Gasteiger partial charge in [0.2, 0.25) is 0 Å². The van der Waals surface area contributed by atoms with Crippen LogP contribution in [0.15, 0.2) is 170 Å². The largest absolute Gasteiger partial charge is 0.508 e. The second-order valence-corrected chi connectivity index (χ2v) is 14.2. The van der Waals surface area contributed by atoms with Crippen molar-refractivity contribution in [1.29, 1.82) is 0 Å². The van der Waals surface area contributed by atoms with Crippen molar-refractivity contribution in [3.63, 3.8) is 0 Å². The van der Waals surface area contributed by atoms with E-state index in [9.17, 15) is 10.2 Å². The van der Waals surface area contributed by atoms with Crippen LogP contribution in [-0.4, -0.2) is 19.3 Å². The molecule has 4 nitrogen and oxygen atoms in total. The number of rotatable bonds is 5. The van der Waals surface area contributed by atoms with Gasteiger partial charge in [0.05, 0.1) is 22.2 Å². The van der Waals surface area contributed by atoms with Crippen molar-refractivity contribution in [2.45, 2.75) is 18.8 Å². The maximum absolute atomic E-state index is 10.1. The first kappa shape index (κ1) is 31.0. The smallest absolute Gasteiger partial charge is 0.115 e. The highest BCUT2D eigenvalue weighted by molar-refractivity contribution is 6.09. The molecule has 0 spiro atoms. The fourth-order valence-corrected chi connectivity index (χ4v) is 8.58. The molecule has 2 heterocycles. The SMILES string of the molecule is CC1c2c(n(-c3cc(-c4ccc(O)cc4)cc(-c4ccc(O)cc4)c3)c3ccccc23)C=CC1c1ccc2c(c1)c1ccccc1n2-c1ccccc1. The van der Waals surface area contributed by atoms with Crippen molar-refractivity contribution in [2.24, 2.45) is 0 Å². The van der Waals surface area contributed by atoms with E-state index in [-0.39, 0.29) is 23.3 Å². The first-order valence-electron chi connectivity index (χ1n) is 18.2. The molecule has 0 saturated heterocycles. The van der Waals surface area contributed by atoms with Crippen LogP contribution in [0.3, 0.4) is 0 Å². The Morgan fingerprint density at radius 1 is 0.453 bits per heavy atom. The van der Waals surface area contributed by atoms with Gasteiger partial charge in [-0.15, -0.1) is 0 Å². The number of phenols is 2. The van der Waals surface area contributed by atoms with Crippen molar-refractivity contribution in [3.8, 4) is 45.1 Å². The quantitative estimate of drug-likeness (QED) is 0.190. The molecule has 53 heavy (non-hydrogen) atoms. The van der Waals surface area contributed by atoms with Crippen LogP contribution in [0, 0.1) is 0 Å². The Hall–Kier alpha value is -6.78. The third kappa shape index (κ3) is 5.06. The zero-order valence-corrected chi connectivity index (χ0v) is 29.2. The fourth-order valence-electron chi connectivity index (χ4n) is 8.58. The zero-order valence-electron chi connectivity index (χ0n) is 29.2. The number of aromatic nitrogens is 2. The number of benzene rings is 7. The summed E-state index contributed by atoms with van der Waals surface area (Å²) in [7, 11) is 0. The number of allylic oxidation sites excluding steroid dienone is 1. The number of nitrogens with zero attached hydrogens (tertiary/aromatic N) is 2. The number of hydrogen-bond donors (Lipinski definition) is 2. The second kappa shape index (κ2) is 12.2. The Bertz CT molecular complexity index is 2800. The summed E-state index contributed by atoms with van der Waals surface area (Å²) in [4.78, 5) is 0. The van der Waals surface area contributed by atoms with Gasteiger partial charge in [-0.25, -0.2) is 0 Å². The number of fused-ring (bicyclic) bond motifs is 6. The van der Waals surface area contributed by atoms with Crippen LogP contribution >= 0.6 is 0 Å². The lowest BCUT2D eigenvalue weighted by Gasteiger charge is -2.27. The number of aromatic hydroxyl groups is 2. The maximum Gasteiger partial charge on any atom is 0.115 e. The first-order chi connectivity index (χ1) is 26.0. The lowest BCUT2D eigenvalue weighted by Crippen LogP contribution is -2.12. The third-order valence-electron chi connectivity index (χ3n) is 11.1. The maximum atomic E-state index is 10.1. The zero-order chi connectivity index (χ0) is 35.6. The van der Waals surface area contributed by atoms with E-state index in [1.165, 1.54) is 44.0 Å². The summed E-state index contributed by atoms with van der Waals surface area (Å²) in [5.41, 5.74) is 13.8. The van der Waals surface area contributed by atoms with Crippen LogP contribution in [-0.2, 0) is 0 Å². The molecule has 0 saturated carbocycles. The van der Waals surface area contributed by atoms with Crippen LogP contribution in [0.2, 0.25) is 0 Å². The predicted octanol–water partition coefficient (Wildman–Crippen LogP) is 12.4. The van der Waals surface area contributed by atoms with Crippen molar-refractivity contribution in [3.05, 3.63) is 187 Å². The molecule has 0 radical (unpaired) electrons. The van der Waals surface area contributed by atoms with Gasteiger partial charge in [0.25, 0.3) is 0 Å². The highest BCUT2D eigenvalue weighted by Crippen LogP contribution is 2.47. The third-order valence-corrected chi connectivity index (χ3v) is 11.1. The molecule has 7 aromatic carbocycles. The van der Waals surface area contributed by atoms with E-state index in [0.29, 0.717) is 0 Å². The molecular formula is C49H36N2O2. The van der Waals surface area contributed by atoms with E-state index in [1.54, 1.807) is 24.3 Å². The second-order valence-electron chi connectivity index (χ2n) is 14.2. The normalized spacial score (nSPS) is 15.3. The minimum atomic E-state index is 0.195. The number of para-hydroxylation sites is 3. The molecule has 1 aliphatic carbocycles. The average Bonchev–Trinajstić information content (AvgIpc) is 3.72. The number of phenolic OH excluding ortho intramolecular Hbond substituents is 2. The Labute approximate surface area is 307 Å². The Morgan fingerprint density at radius 3 is 1.68 bits per heavy atom. The monoisotopic (exact) mass is 684 g/mol. The van der Waals surface area contributed by atoms with E-state index in [1.807, 2.05) is 24.3 Å². The lowest BCUT2D eigenvalue weighted by molar-refractivity contribution is 0.475. The van der Waals surface area contributed by atoms with Crippen LogP contribution in [0.25, 0.3) is 72.4 Å². The predicted molar refractivity (Wildman–Crippen MR) is 218 cm³/mol. The summed E-state index contributed by atoms with van der Waals surface area (Å²) in [6.45, 7) is 2.37. The Morgan fingerprint density at radius 2 is 1.02 bits per heavy atom. The van der Waals surface area contributed by atoms with Crippen molar-refractivity contribution >= 4 is 38.8 Å². The first-order valence-corrected chi connectivity index (χ1v) is 18.2. The van der Waals surface area contributed by atoms with Gasteiger partial charge in [-0.3, -0.25) is 0 Å². The van der Waals surface area contributed by atoms with Gasteiger partial charge in [-0.1, -0.05) is 97.9 Å². The van der Waals surface area contributed by atoms with E-state index >= 15 is 0 Å². The minimum Gasteiger partial charge on any atom is -0.508 e. The molecule has 2 N–H and O–H groups in total. The van der Waals surface area contributed by atoms with Gasteiger partial charge in [0, 0.05) is 33.5 Å². The Kier molecular flexibility index (Phi) is 7.12. The molecule has 2 unspecified atom stereocenters. The van der Waals surface area contributed by atoms with E-state index < -0.39 is 0 Å². The van der Waals surface area contributed by atoms with Crippen LogP contribution in [0.1, 0.15) is 35.6 Å². The molecule has 2 atom stereocenters. The lowest BCUT2D eigenvalue weighted by atomic mass is 9.78. The van der Waals surface area contributed by atoms with E-state index in [0.717, 1.165) is 39.1 Å². The van der Waals surface area contributed by atoms with Crippen molar-refractivity contribution in [2.75, 3.05) is 0 Å². The highest BCUT2D eigenvalue weighted by atomic mass is 16.3. The summed E-state index contributed by atoms with van der Waals surface area (Å²) < 4.78 is 4.78. The fraction of sp³-hybridized carbons (Fsp3) is 0.0612. The van der Waals surface area contributed by atoms with Gasteiger partial charge >= 0.3 is 0 Å². The molecule has 9 aromatic rings. The van der Waals surface area contributed by atoms with Crippen LogP contribution in [0.4, 0.5) is 0 Å². The van der Waals surface area contributed by atoms with Crippen molar-refractivity contribution in [1.82, 2.24) is 9.13 Å². The summed E-state index contributed by atoms with van der Waals surface area (Å²) in [5, 5.41) is 23.9. The van der Waals surface area contributed by atoms with Gasteiger partial charge < -0.3 is 19.3 Å². The molecule has 10 rings (SSSR count). The summed E-state index contributed by atoms with van der Waals surface area (Å²) in [6, 6.07) is 56.6. The van der Waals surface area contributed by atoms with E-state index in [4.69, 9.17) is 0 Å². The van der Waals surface area contributed by atoms with Gasteiger partial charge in [0.1, 0.15) is 11.5 Å². The highest BCUT2D eigenvalue weighted by Gasteiger charge is 2.30. The molecule has 0 fully saturated rings. The summed E-state index contributed by atoms with van der Waals surface area (Å²) in [6.07, 6.45) is 4.72. The molecule has 4 heteroatoms. The van der Waals surface area contributed by atoms with Gasteiger partial charge in [-0.05, 0) is 124 Å². The van der Waals surface area contributed by atoms with Crippen LogP contribution in [0.5, 0.6) is 11.5 Å². The van der Waals surface area contributed by atoms with Gasteiger partial charge in [-0.2, -0.15) is 0 Å². The summed E-state index contributed by atoms with van der Waals surface area (Å²) >= 11 is 0. The molecule has 1 aliphatic rings. The minimum absolute atomic E-state index is 0.195. The molecule has 0 bridgehead atoms. The Balaban J connectivity index is 1.13. The number of hydrogen-bond acceptors (Lipinski definition) is 2. The summed E-state index contributed by atoms with van der Waals surface area (Å²) in [5.74, 6) is 0.895. The molecule has 2 aromatic heterocycles. The van der Waals surface area contributed by atoms with Crippen molar-refractivity contribution < 1.29 is 10.2 Å². The molecule has 0 aliphatic heterocycles.